The molecule has 1 aliphatic rings. The van der Waals surface area contributed by atoms with Gasteiger partial charge in [0.25, 0.3) is 0 Å². The molecule has 2 nitrogen and oxygen atoms in total. The van der Waals surface area contributed by atoms with Crippen molar-refractivity contribution in [1.29, 1.82) is 5.26 Å². The van der Waals surface area contributed by atoms with Crippen LogP contribution in [0.25, 0.3) is 0 Å². The zero-order valence-electron chi connectivity index (χ0n) is 9.17. The Bertz CT molecular complexity index is 385. The van der Waals surface area contributed by atoms with Gasteiger partial charge in [0.2, 0.25) is 0 Å². The van der Waals surface area contributed by atoms with E-state index in [-0.39, 0.29) is 5.41 Å². The van der Waals surface area contributed by atoms with Crippen LogP contribution < -0.4 is 5.32 Å². The Morgan fingerprint density at radius 1 is 1.25 bits per heavy atom. The molecule has 0 radical (unpaired) electrons. The van der Waals surface area contributed by atoms with Gasteiger partial charge in [-0.25, -0.2) is 0 Å². The number of piperidine rings is 1. The Labute approximate surface area is 101 Å². The van der Waals surface area contributed by atoms with Gasteiger partial charge in [-0.15, -0.1) is 0 Å². The molecule has 0 unspecified atom stereocenters. The number of benzene rings is 1. The van der Waals surface area contributed by atoms with Crippen LogP contribution in [-0.4, -0.2) is 13.1 Å². The molecular formula is C13H15ClN2. The number of hydrogen-bond donors (Lipinski definition) is 1. The van der Waals surface area contributed by atoms with Crippen molar-refractivity contribution in [2.45, 2.75) is 19.3 Å². The van der Waals surface area contributed by atoms with Crippen molar-refractivity contribution in [1.82, 2.24) is 5.32 Å². The first-order valence-electron chi connectivity index (χ1n) is 5.61. The third-order valence-corrected chi connectivity index (χ3v) is 3.51. The molecule has 16 heavy (non-hydrogen) atoms. The van der Waals surface area contributed by atoms with Crippen molar-refractivity contribution < 1.29 is 0 Å². The molecule has 0 aromatic heterocycles. The zero-order valence-corrected chi connectivity index (χ0v) is 9.93. The summed E-state index contributed by atoms with van der Waals surface area (Å²) in [5, 5.41) is 13.4. The first-order valence-corrected chi connectivity index (χ1v) is 5.98. The predicted molar refractivity (Wildman–Crippen MR) is 65.3 cm³/mol. The van der Waals surface area contributed by atoms with E-state index >= 15 is 0 Å². The second kappa shape index (κ2) is 4.86. The summed E-state index contributed by atoms with van der Waals surface area (Å²) >= 11 is 5.85. The van der Waals surface area contributed by atoms with E-state index in [1.807, 2.05) is 24.3 Å². The number of nitrogens with one attached hydrogen (secondary N) is 1. The van der Waals surface area contributed by atoms with Crippen LogP contribution in [0.15, 0.2) is 24.3 Å². The maximum atomic E-state index is 9.35. The largest absolute Gasteiger partial charge is 0.317 e. The standard InChI is InChI=1S/C13H15ClN2/c14-12-3-1-11(2-4-12)9-13(10-15)5-7-16-8-6-13/h1-4,16H,5-9H2. The van der Waals surface area contributed by atoms with Crippen LogP contribution in [0.5, 0.6) is 0 Å². The van der Waals surface area contributed by atoms with Gasteiger partial charge in [0.05, 0.1) is 11.5 Å². The minimum Gasteiger partial charge on any atom is -0.317 e. The monoisotopic (exact) mass is 234 g/mol. The summed E-state index contributed by atoms with van der Waals surface area (Å²) in [7, 11) is 0. The van der Waals surface area contributed by atoms with Crippen LogP contribution in [0, 0.1) is 16.7 Å². The molecule has 1 aromatic rings. The van der Waals surface area contributed by atoms with Gasteiger partial charge in [-0.1, -0.05) is 23.7 Å². The summed E-state index contributed by atoms with van der Waals surface area (Å²) < 4.78 is 0. The molecule has 0 amide bonds. The van der Waals surface area contributed by atoms with Crippen molar-refractivity contribution in [3.63, 3.8) is 0 Å². The van der Waals surface area contributed by atoms with E-state index in [4.69, 9.17) is 11.6 Å². The SMILES string of the molecule is N#CC1(Cc2ccc(Cl)cc2)CCNCC1. The highest BCUT2D eigenvalue weighted by atomic mass is 35.5. The lowest BCUT2D eigenvalue weighted by molar-refractivity contribution is 0.280. The fourth-order valence-corrected chi connectivity index (χ4v) is 2.35. The first-order chi connectivity index (χ1) is 7.74. The fourth-order valence-electron chi connectivity index (χ4n) is 2.23. The van der Waals surface area contributed by atoms with E-state index in [0.717, 1.165) is 37.4 Å². The molecule has 1 aliphatic heterocycles. The average molecular weight is 235 g/mol. The minimum atomic E-state index is -0.181. The first kappa shape index (κ1) is 11.4. The van der Waals surface area contributed by atoms with Crippen LogP contribution in [0.1, 0.15) is 18.4 Å². The number of nitrogens with zero attached hydrogens (tertiary/aromatic N) is 1. The van der Waals surface area contributed by atoms with Crippen molar-refractivity contribution in [2.75, 3.05) is 13.1 Å². The molecule has 0 spiro atoms. The van der Waals surface area contributed by atoms with Crippen LogP contribution in [0.2, 0.25) is 5.02 Å². The molecule has 1 heterocycles. The summed E-state index contributed by atoms with van der Waals surface area (Å²) in [5.41, 5.74) is 1.02. The summed E-state index contributed by atoms with van der Waals surface area (Å²) in [6, 6.07) is 10.3. The van der Waals surface area contributed by atoms with Crippen LogP contribution in [0.4, 0.5) is 0 Å². The Hall–Kier alpha value is -1.04. The molecule has 0 atom stereocenters. The lowest BCUT2D eigenvalue weighted by Crippen LogP contribution is -2.37. The zero-order chi connectivity index (χ0) is 11.4. The molecule has 1 saturated heterocycles. The Balaban J connectivity index is 2.12. The second-order valence-electron chi connectivity index (χ2n) is 4.45. The van der Waals surface area contributed by atoms with Gasteiger partial charge in [-0.05, 0) is 50.0 Å². The third kappa shape index (κ3) is 2.55. The Morgan fingerprint density at radius 3 is 2.44 bits per heavy atom. The molecule has 1 N–H and O–H groups in total. The molecule has 1 aromatic carbocycles. The van der Waals surface area contributed by atoms with E-state index in [2.05, 4.69) is 11.4 Å². The highest BCUT2D eigenvalue weighted by Crippen LogP contribution is 2.32. The molecular weight excluding hydrogens is 220 g/mol. The van der Waals surface area contributed by atoms with E-state index < -0.39 is 0 Å². The highest BCUT2D eigenvalue weighted by molar-refractivity contribution is 6.30. The smallest absolute Gasteiger partial charge is 0.0694 e. The average Bonchev–Trinajstić information content (AvgIpc) is 2.33. The molecule has 84 valence electrons. The minimum absolute atomic E-state index is 0.181. The Kier molecular flexibility index (Phi) is 3.48. The van der Waals surface area contributed by atoms with Gasteiger partial charge in [0.15, 0.2) is 0 Å². The molecule has 1 fully saturated rings. The fraction of sp³-hybridized carbons (Fsp3) is 0.462. The van der Waals surface area contributed by atoms with Gasteiger partial charge in [-0.2, -0.15) is 5.26 Å². The normalized spacial score (nSPS) is 19.0. The number of halogens is 1. The maximum absolute atomic E-state index is 9.35. The van der Waals surface area contributed by atoms with Crippen LogP contribution in [0.3, 0.4) is 0 Å². The van der Waals surface area contributed by atoms with Gasteiger partial charge >= 0.3 is 0 Å². The summed E-state index contributed by atoms with van der Waals surface area (Å²) in [6.45, 7) is 1.89. The lowest BCUT2D eigenvalue weighted by Gasteiger charge is -2.31. The summed E-state index contributed by atoms with van der Waals surface area (Å²) in [4.78, 5) is 0. The van der Waals surface area contributed by atoms with E-state index in [0.29, 0.717) is 0 Å². The second-order valence-corrected chi connectivity index (χ2v) is 4.88. The van der Waals surface area contributed by atoms with Crippen molar-refractivity contribution >= 4 is 11.6 Å². The predicted octanol–water partition coefficient (Wildman–Crippen LogP) is 2.78. The number of rotatable bonds is 2. The van der Waals surface area contributed by atoms with Crippen LogP contribution in [-0.2, 0) is 6.42 Å². The third-order valence-electron chi connectivity index (χ3n) is 3.25. The topological polar surface area (TPSA) is 35.8 Å². The van der Waals surface area contributed by atoms with Gasteiger partial charge in [-0.3, -0.25) is 0 Å². The summed E-state index contributed by atoms with van der Waals surface area (Å²) in [5.74, 6) is 0. The van der Waals surface area contributed by atoms with Gasteiger partial charge in [0, 0.05) is 5.02 Å². The maximum Gasteiger partial charge on any atom is 0.0694 e. The summed E-state index contributed by atoms with van der Waals surface area (Å²) in [6.07, 6.45) is 2.71. The Morgan fingerprint density at radius 2 is 1.88 bits per heavy atom. The quantitative estimate of drug-likeness (QED) is 0.854. The molecule has 0 aliphatic carbocycles. The van der Waals surface area contributed by atoms with Gasteiger partial charge < -0.3 is 5.32 Å². The number of hydrogen-bond acceptors (Lipinski definition) is 2. The number of nitriles is 1. The van der Waals surface area contributed by atoms with E-state index in [1.165, 1.54) is 5.56 Å². The molecule has 0 saturated carbocycles. The van der Waals surface area contributed by atoms with E-state index in [1.54, 1.807) is 0 Å². The van der Waals surface area contributed by atoms with E-state index in [9.17, 15) is 5.26 Å². The molecule has 2 rings (SSSR count). The van der Waals surface area contributed by atoms with Gasteiger partial charge in [0.1, 0.15) is 0 Å². The molecule has 0 bridgehead atoms. The molecule has 3 heteroatoms. The van der Waals surface area contributed by atoms with Crippen LogP contribution >= 0.6 is 11.6 Å². The highest BCUT2D eigenvalue weighted by Gasteiger charge is 2.31. The van der Waals surface area contributed by atoms with Crippen molar-refractivity contribution in [3.05, 3.63) is 34.9 Å². The van der Waals surface area contributed by atoms with Crippen molar-refractivity contribution in [2.24, 2.45) is 5.41 Å². The van der Waals surface area contributed by atoms with Crippen molar-refractivity contribution in [3.8, 4) is 6.07 Å². The lowest BCUT2D eigenvalue weighted by atomic mass is 9.75.